The second kappa shape index (κ2) is 5.65. The third-order valence-corrected chi connectivity index (χ3v) is 3.76. The van der Waals surface area contributed by atoms with Gasteiger partial charge >= 0.3 is 0 Å². The topological polar surface area (TPSA) is 41.5 Å². The van der Waals surface area contributed by atoms with Crippen molar-refractivity contribution in [2.75, 3.05) is 6.61 Å². The molecule has 3 rings (SSSR count). The van der Waals surface area contributed by atoms with Crippen LogP contribution in [0.15, 0.2) is 48.5 Å². The highest BCUT2D eigenvalue weighted by Crippen LogP contribution is 2.38. The van der Waals surface area contributed by atoms with E-state index in [1.165, 1.54) is 11.1 Å². The van der Waals surface area contributed by atoms with Crippen molar-refractivity contribution in [3.8, 4) is 5.75 Å². The van der Waals surface area contributed by atoms with Crippen LogP contribution in [0.4, 0.5) is 0 Å². The van der Waals surface area contributed by atoms with Crippen LogP contribution in [-0.2, 0) is 6.54 Å². The summed E-state index contributed by atoms with van der Waals surface area (Å²) in [6.45, 7) is 3.35. The Morgan fingerprint density at radius 1 is 1.20 bits per heavy atom. The second-order valence-corrected chi connectivity index (χ2v) is 4.97. The van der Waals surface area contributed by atoms with Crippen LogP contribution in [0, 0.1) is 0 Å². The van der Waals surface area contributed by atoms with Crippen LogP contribution < -0.4 is 10.1 Å². The van der Waals surface area contributed by atoms with E-state index in [0.29, 0.717) is 6.61 Å². The fourth-order valence-corrected chi connectivity index (χ4v) is 2.80. The van der Waals surface area contributed by atoms with Crippen LogP contribution in [0.5, 0.6) is 5.75 Å². The third-order valence-electron chi connectivity index (χ3n) is 3.76. The Hall–Kier alpha value is -1.84. The second-order valence-electron chi connectivity index (χ2n) is 4.97. The fourth-order valence-electron chi connectivity index (χ4n) is 2.80. The highest BCUT2D eigenvalue weighted by molar-refractivity contribution is 5.41. The summed E-state index contributed by atoms with van der Waals surface area (Å²) in [6, 6.07) is 15.8. The summed E-state index contributed by atoms with van der Waals surface area (Å²) in [5, 5.41) is 14.1. The van der Waals surface area contributed by atoms with Gasteiger partial charge in [-0.2, -0.15) is 0 Å². The van der Waals surface area contributed by atoms with E-state index in [2.05, 4.69) is 17.4 Å². The number of ether oxygens (including phenoxy) is 1. The molecule has 0 fully saturated rings. The Morgan fingerprint density at radius 3 is 2.80 bits per heavy atom. The number of rotatable bonds is 4. The Labute approximate surface area is 119 Å². The highest BCUT2D eigenvalue weighted by Gasteiger charge is 2.30. The van der Waals surface area contributed by atoms with Gasteiger partial charge in [0.1, 0.15) is 11.9 Å². The van der Waals surface area contributed by atoms with Gasteiger partial charge in [-0.05, 0) is 24.1 Å². The van der Waals surface area contributed by atoms with Gasteiger partial charge in [0, 0.05) is 12.1 Å². The first-order valence-electron chi connectivity index (χ1n) is 7.02. The van der Waals surface area contributed by atoms with E-state index < -0.39 is 6.10 Å². The van der Waals surface area contributed by atoms with Gasteiger partial charge in [-0.15, -0.1) is 0 Å². The van der Waals surface area contributed by atoms with Crippen LogP contribution in [0.2, 0.25) is 0 Å². The molecule has 0 aromatic heterocycles. The molecule has 1 heterocycles. The Bertz CT molecular complexity index is 597. The minimum Gasteiger partial charge on any atom is -0.493 e. The van der Waals surface area contributed by atoms with Gasteiger partial charge in [0.15, 0.2) is 0 Å². The first kappa shape index (κ1) is 13.2. The number of hydrogen-bond acceptors (Lipinski definition) is 3. The molecule has 0 amide bonds. The summed E-state index contributed by atoms with van der Waals surface area (Å²) in [4.78, 5) is 0. The molecular formula is C17H19NO2. The SMILES string of the molecule is CCOc1ccccc1C(O)C1NCc2ccccc21. The molecule has 2 unspecified atom stereocenters. The molecule has 3 heteroatoms. The van der Waals surface area contributed by atoms with Crippen molar-refractivity contribution in [2.24, 2.45) is 0 Å². The van der Waals surface area contributed by atoms with Crippen molar-refractivity contribution in [3.05, 3.63) is 65.2 Å². The van der Waals surface area contributed by atoms with Crippen LogP contribution in [0.25, 0.3) is 0 Å². The predicted molar refractivity (Wildman–Crippen MR) is 78.6 cm³/mol. The Morgan fingerprint density at radius 2 is 1.95 bits per heavy atom. The minimum absolute atomic E-state index is 0.0761. The molecule has 0 bridgehead atoms. The zero-order valence-electron chi connectivity index (χ0n) is 11.5. The lowest BCUT2D eigenvalue weighted by molar-refractivity contribution is 0.129. The molecule has 2 atom stereocenters. The molecule has 1 aliphatic heterocycles. The van der Waals surface area contributed by atoms with E-state index in [9.17, 15) is 5.11 Å². The quantitative estimate of drug-likeness (QED) is 0.896. The zero-order chi connectivity index (χ0) is 13.9. The van der Waals surface area contributed by atoms with Crippen LogP contribution in [0.3, 0.4) is 0 Å². The molecule has 2 aromatic carbocycles. The molecule has 104 valence electrons. The molecule has 20 heavy (non-hydrogen) atoms. The maximum Gasteiger partial charge on any atom is 0.125 e. The standard InChI is InChI=1S/C17H19NO2/c1-2-20-15-10-6-5-9-14(15)17(19)16-13-8-4-3-7-12(13)11-18-16/h3-10,16-19H,2,11H2,1H3. The molecule has 2 N–H and O–H groups in total. The summed E-state index contributed by atoms with van der Waals surface area (Å²) in [7, 11) is 0. The number of nitrogens with one attached hydrogen (secondary N) is 1. The minimum atomic E-state index is -0.610. The third kappa shape index (κ3) is 2.30. The summed E-state index contributed by atoms with van der Waals surface area (Å²) in [6.07, 6.45) is -0.610. The number of fused-ring (bicyclic) bond motifs is 1. The van der Waals surface area contributed by atoms with Crippen LogP contribution in [0.1, 0.15) is 35.8 Å². The Kier molecular flexibility index (Phi) is 3.72. The molecule has 0 spiro atoms. The van der Waals surface area contributed by atoms with Crippen molar-refractivity contribution in [2.45, 2.75) is 25.6 Å². The van der Waals surface area contributed by atoms with E-state index >= 15 is 0 Å². The summed E-state index contributed by atoms with van der Waals surface area (Å²) in [5.41, 5.74) is 3.26. The van der Waals surface area contributed by atoms with E-state index in [-0.39, 0.29) is 6.04 Å². The van der Waals surface area contributed by atoms with Crippen molar-refractivity contribution >= 4 is 0 Å². The number of hydrogen-bond donors (Lipinski definition) is 2. The summed E-state index contributed by atoms with van der Waals surface area (Å²) >= 11 is 0. The summed E-state index contributed by atoms with van der Waals surface area (Å²) in [5.74, 6) is 0.758. The van der Waals surface area contributed by atoms with E-state index in [0.717, 1.165) is 17.9 Å². The lowest BCUT2D eigenvalue weighted by atomic mass is 9.95. The maximum absolute atomic E-state index is 10.7. The largest absolute Gasteiger partial charge is 0.493 e. The zero-order valence-corrected chi connectivity index (χ0v) is 11.5. The van der Waals surface area contributed by atoms with Gasteiger partial charge in [0.05, 0.1) is 12.6 Å². The smallest absolute Gasteiger partial charge is 0.125 e. The van der Waals surface area contributed by atoms with E-state index in [1.807, 2.05) is 43.3 Å². The highest BCUT2D eigenvalue weighted by atomic mass is 16.5. The molecular weight excluding hydrogens is 250 g/mol. The lowest BCUT2D eigenvalue weighted by Crippen LogP contribution is -2.20. The predicted octanol–water partition coefficient (Wildman–Crippen LogP) is 2.96. The van der Waals surface area contributed by atoms with Gasteiger partial charge in [-0.3, -0.25) is 0 Å². The lowest BCUT2D eigenvalue weighted by Gasteiger charge is -2.22. The average molecular weight is 269 g/mol. The molecule has 0 saturated heterocycles. The van der Waals surface area contributed by atoms with Crippen molar-refractivity contribution in [3.63, 3.8) is 0 Å². The molecule has 0 aliphatic carbocycles. The fraction of sp³-hybridized carbons (Fsp3) is 0.294. The maximum atomic E-state index is 10.7. The first-order valence-corrected chi connectivity index (χ1v) is 7.02. The van der Waals surface area contributed by atoms with Gasteiger partial charge < -0.3 is 15.2 Å². The summed E-state index contributed by atoms with van der Waals surface area (Å²) < 4.78 is 5.62. The van der Waals surface area contributed by atoms with Gasteiger partial charge in [0.25, 0.3) is 0 Å². The average Bonchev–Trinajstić information content (AvgIpc) is 2.91. The Balaban J connectivity index is 1.92. The van der Waals surface area contributed by atoms with Crippen LogP contribution >= 0.6 is 0 Å². The number of aliphatic hydroxyl groups excluding tert-OH is 1. The van der Waals surface area contributed by atoms with Gasteiger partial charge in [0.2, 0.25) is 0 Å². The van der Waals surface area contributed by atoms with Crippen molar-refractivity contribution in [1.82, 2.24) is 5.32 Å². The molecule has 0 saturated carbocycles. The first-order chi connectivity index (χ1) is 9.81. The van der Waals surface area contributed by atoms with E-state index in [4.69, 9.17) is 4.74 Å². The van der Waals surface area contributed by atoms with Crippen LogP contribution in [-0.4, -0.2) is 11.7 Å². The van der Waals surface area contributed by atoms with Gasteiger partial charge in [-0.25, -0.2) is 0 Å². The van der Waals surface area contributed by atoms with Crippen molar-refractivity contribution < 1.29 is 9.84 Å². The normalized spacial score (nSPS) is 18.6. The molecule has 0 radical (unpaired) electrons. The number of para-hydroxylation sites is 1. The number of aliphatic hydroxyl groups is 1. The monoisotopic (exact) mass is 269 g/mol. The van der Waals surface area contributed by atoms with E-state index in [1.54, 1.807) is 0 Å². The number of benzene rings is 2. The molecule has 1 aliphatic rings. The molecule has 3 nitrogen and oxygen atoms in total. The van der Waals surface area contributed by atoms with Gasteiger partial charge in [-0.1, -0.05) is 42.5 Å². The molecule has 2 aromatic rings. The van der Waals surface area contributed by atoms with Crippen molar-refractivity contribution in [1.29, 1.82) is 0 Å².